The number of benzene rings is 1. The second kappa shape index (κ2) is 23.8. The first kappa shape index (κ1) is 45.5. The Kier molecular flexibility index (Phi) is 18.4. The van der Waals surface area contributed by atoms with Crippen molar-refractivity contribution in [2.45, 2.75) is 114 Å². The van der Waals surface area contributed by atoms with E-state index in [1.165, 1.54) is 6.07 Å². The van der Waals surface area contributed by atoms with Crippen LogP contribution < -0.4 is 10.6 Å². The van der Waals surface area contributed by atoms with E-state index in [1.54, 1.807) is 36.1 Å². The topological polar surface area (TPSA) is 212 Å². The molecule has 1 aromatic rings. The number of thioether (sulfide) groups is 1. The number of amides is 3. The molecule has 4 aliphatic rings. The van der Waals surface area contributed by atoms with Crippen molar-refractivity contribution in [3.8, 4) is 11.5 Å². The quantitative estimate of drug-likeness (QED) is 0.0528. The van der Waals surface area contributed by atoms with Gasteiger partial charge in [-0.25, -0.2) is 14.4 Å². The smallest absolute Gasteiger partial charge is 0.342 e. The molecule has 1 unspecified atom stereocenters. The Morgan fingerprint density at radius 3 is 2.58 bits per heavy atom. The SMILES string of the molecule is C[C@@H]1C/C=C/C(OC(=O)COCCOCCCC(=O)CCCC[C@@H]2SC[C@@H]3NC(=O)N[C@@H]32)C/C=C/C(=N/OCC(=O)N2CCCCC2)Cc2cc(O)cc(O)c2C(=O)O1. The van der Waals surface area contributed by atoms with Crippen LogP contribution in [0, 0.1) is 0 Å². The number of aromatic hydroxyl groups is 2. The number of esters is 2. The molecule has 0 radical (unpaired) electrons. The van der Waals surface area contributed by atoms with Crippen molar-refractivity contribution in [3.05, 3.63) is 47.6 Å². The summed E-state index contributed by atoms with van der Waals surface area (Å²) in [5.74, 6) is -1.16. The fourth-order valence-electron chi connectivity index (χ4n) is 7.37. The van der Waals surface area contributed by atoms with Crippen molar-refractivity contribution in [2.75, 3.05) is 51.9 Å². The first-order chi connectivity index (χ1) is 28.5. The van der Waals surface area contributed by atoms with Crippen LogP contribution in [0.2, 0.25) is 0 Å². The van der Waals surface area contributed by atoms with Gasteiger partial charge in [0, 0.05) is 68.9 Å². The molecule has 0 saturated carbocycles. The van der Waals surface area contributed by atoms with E-state index >= 15 is 0 Å². The molecule has 4 heterocycles. The Balaban J connectivity index is 1.03. The van der Waals surface area contributed by atoms with E-state index in [1.807, 2.05) is 11.8 Å². The number of fused-ring (bicyclic) bond motifs is 2. The zero-order valence-electron chi connectivity index (χ0n) is 33.8. The third-order valence-corrected chi connectivity index (χ3v) is 11.9. The average Bonchev–Trinajstić information content (AvgIpc) is 3.75. The molecule has 4 N–H and O–H groups in total. The molecule has 17 heteroatoms. The first-order valence-corrected chi connectivity index (χ1v) is 21.7. The number of nitrogens with zero attached hydrogens (tertiary/aromatic N) is 2. The van der Waals surface area contributed by atoms with Gasteiger partial charge in [-0.05, 0) is 69.2 Å². The van der Waals surface area contributed by atoms with Crippen LogP contribution in [0.25, 0.3) is 0 Å². The summed E-state index contributed by atoms with van der Waals surface area (Å²) in [5, 5.41) is 31.4. The van der Waals surface area contributed by atoms with Crippen LogP contribution in [0.1, 0.15) is 93.5 Å². The molecule has 3 saturated heterocycles. The molecule has 5 rings (SSSR count). The molecule has 1 aromatic carbocycles. The lowest BCUT2D eigenvalue weighted by atomic mass is 9.99. The minimum absolute atomic E-state index is 0.0653. The molecule has 324 valence electrons. The van der Waals surface area contributed by atoms with E-state index in [-0.39, 0.29) is 91.7 Å². The van der Waals surface area contributed by atoms with Crippen molar-refractivity contribution < 1.29 is 58.0 Å². The van der Waals surface area contributed by atoms with Gasteiger partial charge < -0.3 is 49.5 Å². The zero-order chi connectivity index (χ0) is 42.0. The van der Waals surface area contributed by atoms with Gasteiger partial charge in [-0.2, -0.15) is 11.8 Å². The number of ether oxygens (including phenoxy) is 4. The van der Waals surface area contributed by atoms with Crippen LogP contribution in [0.3, 0.4) is 0 Å². The number of cyclic esters (lactones) is 1. The molecule has 0 aromatic heterocycles. The van der Waals surface area contributed by atoms with Gasteiger partial charge in [-0.1, -0.05) is 23.7 Å². The van der Waals surface area contributed by atoms with Crippen molar-refractivity contribution >= 4 is 47.1 Å². The number of urea groups is 1. The number of phenols is 2. The Morgan fingerprint density at radius 1 is 0.949 bits per heavy atom. The van der Waals surface area contributed by atoms with E-state index in [0.717, 1.165) is 50.3 Å². The van der Waals surface area contributed by atoms with Crippen molar-refractivity contribution in [2.24, 2.45) is 5.16 Å². The number of unbranched alkanes of at least 4 members (excludes halogenated alkanes) is 1. The standard InChI is InChI=1S/C42H58N4O12S/c1-28-10-7-14-33(58-38(51)26-55-21-20-54-19-9-13-31(47)12-3-4-16-36-40-34(27-59-36)43-42(53)44-40)15-8-11-30(45-56-25-37(50)46-17-5-2-6-18-46)22-29-23-32(48)24-35(49)39(29)41(52)57-28/h7-8,11,14,23-24,28,33-34,36,40,48-49H,2-6,9-10,12-13,15-22,25-27H2,1H3,(H2,43,44,53)/b11-8+,14-7+,45-30-/t28-,33?,34+,36+,40+/m1/s1. The number of hydrogen-bond donors (Lipinski definition) is 4. The van der Waals surface area contributed by atoms with E-state index in [4.69, 9.17) is 23.8 Å². The first-order valence-electron chi connectivity index (χ1n) is 20.7. The summed E-state index contributed by atoms with van der Waals surface area (Å²) < 4.78 is 22.3. The number of hydrogen-bond acceptors (Lipinski definition) is 14. The summed E-state index contributed by atoms with van der Waals surface area (Å²) >= 11 is 1.88. The van der Waals surface area contributed by atoms with Crippen molar-refractivity contribution in [3.63, 3.8) is 0 Å². The lowest BCUT2D eigenvalue weighted by Gasteiger charge is -2.26. The fraction of sp³-hybridized carbons (Fsp3) is 0.619. The summed E-state index contributed by atoms with van der Waals surface area (Å²) in [7, 11) is 0. The molecule has 16 nitrogen and oxygen atoms in total. The summed E-state index contributed by atoms with van der Waals surface area (Å²) in [6, 6.07) is 2.70. The fourth-order valence-corrected chi connectivity index (χ4v) is 8.91. The van der Waals surface area contributed by atoms with Gasteiger partial charge in [0.2, 0.25) is 0 Å². The summed E-state index contributed by atoms with van der Waals surface area (Å²) in [5.41, 5.74) is 0.386. The summed E-state index contributed by atoms with van der Waals surface area (Å²) in [6.45, 7) is 3.23. The molecule has 0 aliphatic carbocycles. The normalized spacial score (nSPS) is 25.1. The number of ketones is 1. The van der Waals surface area contributed by atoms with Gasteiger partial charge >= 0.3 is 18.0 Å². The average molecular weight is 843 g/mol. The molecule has 4 aliphatic heterocycles. The Morgan fingerprint density at radius 2 is 1.75 bits per heavy atom. The van der Waals surface area contributed by atoms with E-state index in [0.29, 0.717) is 50.6 Å². The highest BCUT2D eigenvalue weighted by Gasteiger charge is 2.42. The minimum atomic E-state index is -0.795. The molecule has 59 heavy (non-hydrogen) atoms. The molecule has 3 amide bonds. The number of phenolic OH excluding ortho intramolecular Hbond substituents is 2. The molecule has 5 atom stereocenters. The van der Waals surface area contributed by atoms with E-state index in [9.17, 15) is 34.2 Å². The van der Waals surface area contributed by atoms with Gasteiger partial charge in [0.25, 0.3) is 5.91 Å². The number of carbonyl (C=O) groups excluding carboxylic acids is 5. The van der Waals surface area contributed by atoms with Crippen LogP contribution in [0.15, 0.2) is 41.6 Å². The number of piperidine rings is 1. The van der Waals surface area contributed by atoms with Gasteiger partial charge in [0.1, 0.15) is 41.7 Å². The molecular formula is C42H58N4O12S. The maximum atomic E-state index is 13.2. The Labute approximate surface area is 349 Å². The second-order valence-corrected chi connectivity index (χ2v) is 16.5. The Hall–Kier alpha value is -4.61. The predicted octanol–water partition coefficient (Wildman–Crippen LogP) is 4.50. The third-order valence-electron chi connectivity index (χ3n) is 10.4. The van der Waals surface area contributed by atoms with Gasteiger partial charge in [-0.3, -0.25) is 9.59 Å². The molecular weight excluding hydrogens is 785 g/mol. The number of allylic oxidation sites excluding steroid dienone is 1. The van der Waals surface area contributed by atoms with Crippen molar-refractivity contribution in [1.29, 1.82) is 0 Å². The molecule has 0 bridgehead atoms. The number of likely N-dealkylation sites (tertiary alicyclic amines) is 1. The number of carbonyl (C=O) groups is 5. The lowest BCUT2D eigenvalue weighted by Crippen LogP contribution is -2.37. The predicted molar refractivity (Wildman–Crippen MR) is 219 cm³/mol. The van der Waals surface area contributed by atoms with Crippen molar-refractivity contribution in [1.82, 2.24) is 15.5 Å². The van der Waals surface area contributed by atoms with Crippen LogP contribution in [0.5, 0.6) is 11.5 Å². The van der Waals surface area contributed by atoms with Crippen LogP contribution in [-0.2, 0) is 44.6 Å². The maximum absolute atomic E-state index is 13.2. The minimum Gasteiger partial charge on any atom is -0.508 e. The highest BCUT2D eigenvalue weighted by molar-refractivity contribution is 8.00. The van der Waals surface area contributed by atoms with Crippen LogP contribution in [-0.4, -0.2) is 132 Å². The second-order valence-electron chi connectivity index (χ2n) is 15.2. The largest absolute Gasteiger partial charge is 0.508 e. The third kappa shape index (κ3) is 15.2. The number of Topliss-reactive ketones (excluding diaryl/α,β-unsaturated/α-hetero) is 1. The summed E-state index contributed by atoms with van der Waals surface area (Å²) in [4.78, 5) is 69.7. The van der Waals surface area contributed by atoms with Gasteiger partial charge in [0.15, 0.2) is 6.61 Å². The molecule has 3 fully saturated rings. The van der Waals surface area contributed by atoms with Crippen LogP contribution >= 0.6 is 11.8 Å². The maximum Gasteiger partial charge on any atom is 0.342 e. The number of nitrogens with one attached hydrogen (secondary N) is 2. The highest BCUT2D eigenvalue weighted by atomic mass is 32.2. The lowest BCUT2D eigenvalue weighted by molar-refractivity contribution is -0.152. The van der Waals surface area contributed by atoms with E-state index < -0.39 is 29.9 Å². The zero-order valence-corrected chi connectivity index (χ0v) is 34.6. The molecule has 0 spiro atoms. The van der Waals surface area contributed by atoms with Crippen LogP contribution in [0.4, 0.5) is 4.79 Å². The Bertz CT molecular complexity index is 1700. The van der Waals surface area contributed by atoms with Gasteiger partial charge in [0.05, 0.1) is 31.0 Å². The van der Waals surface area contributed by atoms with Gasteiger partial charge in [-0.15, -0.1) is 0 Å². The number of rotatable bonds is 18. The summed E-state index contributed by atoms with van der Waals surface area (Å²) in [6.07, 6.45) is 13.2. The monoisotopic (exact) mass is 842 g/mol. The number of oxime groups is 1. The highest BCUT2D eigenvalue weighted by Crippen LogP contribution is 2.33. The van der Waals surface area contributed by atoms with E-state index in [2.05, 4.69) is 15.8 Å².